The van der Waals surface area contributed by atoms with Gasteiger partial charge in [0.2, 0.25) is 0 Å². The number of benzene rings is 1. The first-order chi connectivity index (χ1) is 7.66. The highest BCUT2D eigenvalue weighted by atomic mass is 79.9. The summed E-state index contributed by atoms with van der Waals surface area (Å²) < 4.78 is 1.01. The standard InChI is InChI=1S/C12H14BrNOS/c1-9-8-14(6-7-16-9)12(15)10-2-4-11(13)5-3-10/h2-5,9H,6-8H2,1H3. The number of halogens is 1. The molecular formula is C12H14BrNOS. The van der Waals surface area contributed by atoms with Crippen LogP contribution in [0.4, 0.5) is 0 Å². The van der Waals surface area contributed by atoms with Gasteiger partial charge in [0.1, 0.15) is 0 Å². The molecule has 1 amide bonds. The summed E-state index contributed by atoms with van der Waals surface area (Å²) in [5.41, 5.74) is 0.780. The van der Waals surface area contributed by atoms with Gasteiger partial charge in [-0.05, 0) is 24.3 Å². The molecule has 1 fully saturated rings. The number of hydrogen-bond donors (Lipinski definition) is 0. The Morgan fingerprint density at radius 3 is 2.75 bits per heavy atom. The fourth-order valence-electron chi connectivity index (χ4n) is 1.78. The highest BCUT2D eigenvalue weighted by molar-refractivity contribution is 9.10. The van der Waals surface area contributed by atoms with Crippen LogP contribution in [0, 0.1) is 0 Å². The average Bonchev–Trinajstić information content (AvgIpc) is 2.29. The Labute approximate surface area is 109 Å². The van der Waals surface area contributed by atoms with Gasteiger partial charge in [-0.2, -0.15) is 11.8 Å². The highest BCUT2D eigenvalue weighted by Gasteiger charge is 2.21. The molecule has 1 aliphatic heterocycles. The third kappa shape index (κ3) is 2.80. The summed E-state index contributed by atoms with van der Waals surface area (Å²) in [4.78, 5) is 14.1. The molecule has 0 N–H and O–H groups in total. The molecule has 1 unspecified atom stereocenters. The second kappa shape index (κ2) is 5.23. The van der Waals surface area contributed by atoms with Gasteiger partial charge in [-0.1, -0.05) is 22.9 Å². The Morgan fingerprint density at radius 2 is 2.12 bits per heavy atom. The zero-order valence-corrected chi connectivity index (χ0v) is 11.6. The van der Waals surface area contributed by atoms with Gasteiger partial charge in [-0.15, -0.1) is 0 Å². The predicted octanol–water partition coefficient (Wildman–Crippen LogP) is 3.03. The lowest BCUT2D eigenvalue weighted by atomic mass is 10.2. The van der Waals surface area contributed by atoms with Gasteiger partial charge in [0, 0.05) is 34.1 Å². The summed E-state index contributed by atoms with van der Waals surface area (Å²) in [6, 6.07) is 7.57. The van der Waals surface area contributed by atoms with E-state index < -0.39 is 0 Å². The van der Waals surface area contributed by atoms with Crippen molar-refractivity contribution in [3.63, 3.8) is 0 Å². The first-order valence-corrected chi connectivity index (χ1v) is 7.17. The lowest BCUT2D eigenvalue weighted by Gasteiger charge is -2.30. The van der Waals surface area contributed by atoms with E-state index in [1.165, 1.54) is 0 Å². The zero-order chi connectivity index (χ0) is 11.5. The van der Waals surface area contributed by atoms with Crippen molar-refractivity contribution in [1.82, 2.24) is 4.90 Å². The summed E-state index contributed by atoms with van der Waals surface area (Å²) in [5, 5.41) is 0.549. The Balaban J connectivity index is 2.09. The molecule has 2 nitrogen and oxygen atoms in total. The van der Waals surface area contributed by atoms with Crippen molar-refractivity contribution >= 4 is 33.6 Å². The van der Waals surface area contributed by atoms with Crippen molar-refractivity contribution in [2.75, 3.05) is 18.8 Å². The average molecular weight is 300 g/mol. The van der Waals surface area contributed by atoms with E-state index in [4.69, 9.17) is 0 Å². The normalized spacial score (nSPS) is 20.9. The summed E-state index contributed by atoms with van der Waals surface area (Å²) in [7, 11) is 0. The number of nitrogens with zero attached hydrogens (tertiary/aromatic N) is 1. The van der Waals surface area contributed by atoms with Gasteiger partial charge in [-0.25, -0.2) is 0 Å². The molecule has 0 aromatic heterocycles. The molecule has 86 valence electrons. The Morgan fingerprint density at radius 1 is 1.44 bits per heavy atom. The second-order valence-electron chi connectivity index (χ2n) is 3.94. The van der Waals surface area contributed by atoms with E-state index in [1.54, 1.807) is 0 Å². The van der Waals surface area contributed by atoms with Crippen LogP contribution in [-0.2, 0) is 0 Å². The fourth-order valence-corrected chi connectivity index (χ4v) is 3.06. The van der Waals surface area contributed by atoms with Crippen LogP contribution in [0.15, 0.2) is 28.7 Å². The maximum atomic E-state index is 12.2. The number of thioether (sulfide) groups is 1. The Bertz CT molecular complexity index is 379. The van der Waals surface area contributed by atoms with Crippen LogP contribution < -0.4 is 0 Å². The molecule has 1 aromatic carbocycles. The Kier molecular flexibility index (Phi) is 3.92. The van der Waals surface area contributed by atoms with E-state index in [-0.39, 0.29) is 5.91 Å². The number of hydrogen-bond acceptors (Lipinski definition) is 2. The lowest BCUT2D eigenvalue weighted by Crippen LogP contribution is -2.40. The minimum atomic E-state index is 0.152. The van der Waals surface area contributed by atoms with Crippen LogP contribution in [0.25, 0.3) is 0 Å². The van der Waals surface area contributed by atoms with Crippen LogP contribution in [0.3, 0.4) is 0 Å². The molecule has 0 saturated carbocycles. The van der Waals surface area contributed by atoms with E-state index in [2.05, 4.69) is 22.9 Å². The third-order valence-corrected chi connectivity index (χ3v) is 4.28. The van der Waals surface area contributed by atoms with Gasteiger partial charge < -0.3 is 4.90 Å². The van der Waals surface area contributed by atoms with E-state index >= 15 is 0 Å². The summed E-state index contributed by atoms with van der Waals surface area (Å²) in [6.07, 6.45) is 0. The predicted molar refractivity (Wildman–Crippen MR) is 72.0 cm³/mol. The summed E-state index contributed by atoms with van der Waals surface area (Å²) in [6.45, 7) is 3.90. The summed E-state index contributed by atoms with van der Waals surface area (Å²) >= 11 is 5.31. The minimum absolute atomic E-state index is 0.152. The van der Waals surface area contributed by atoms with Crippen LogP contribution in [-0.4, -0.2) is 34.9 Å². The molecule has 0 bridgehead atoms. The van der Waals surface area contributed by atoms with E-state index in [9.17, 15) is 4.79 Å². The molecule has 16 heavy (non-hydrogen) atoms. The number of carbonyl (C=O) groups excluding carboxylic acids is 1. The van der Waals surface area contributed by atoms with Crippen LogP contribution in [0.1, 0.15) is 17.3 Å². The van der Waals surface area contributed by atoms with Crippen molar-refractivity contribution in [3.05, 3.63) is 34.3 Å². The third-order valence-electron chi connectivity index (χ3n) is 2.62. The minimum Gasteiger partial charge on any atom is -0.337 e. The van der Waals surface area contributed by atoms with Crippen molar-refractivity contribution in [1.29, 1.82) is 0 Å². The molecule has 1 atom stereocenters. The molecule has 2 rings (SSSR count). The first-order valence-electron chi connectivity index (χ1n) is 5.33. The monoisotopic (exact) mass is 299 g/mol. The lowest BCUT2D eigenvalue weighted by molar-refractivity contribution is 0.0763. The molecule has 4 heteroatoms. The molecule has 1 saturated heterocycles. The fraction of sp³-hybridized carbons (Fsp3) is 0.417. The molecule has 0 spiro atoms. The molecule has 1 heterocycles. The zero-order valence-electron chi connectivity index (χ0n) is 9.15. The maximum Gasteiger partial charge on any atom is 0.253 e. The van der Waals surface area contributed by atoms with Crippen molar-refractivity contribution in [2.24, 2.45) is 0 Å². The Hall–Kier alpha value is -0.480. The van der Waals surface area contributed by atoms with E-state index in [0.29, 0.717) is 5.25 Å². The van der Waals surface area contributed by atoms with E-state index in [0.717, 1.165) is 28.9 Å². The molecule has 1 aliphatic rings. The smallest absolute Gasteiger partial charge is 0.253 e. The topological polar surface area (TPSA) is 20.3 Å². The molecule has 0 radical (unpaired) electrons. The van der Waals surface area contributed by atoms with Gasteiger partial charge >= 0.3 is 0 Å². The van der Waals surface area contributed by atoms with Gasteiger partial charge in [-0.3, -0.25) is 4.79 Å². The largest absolute Gasteiger partial charge is 0.337 e. The number of carbonyl (C=O) groups is 1. The van der Waals surface area contributed by atoms with Gasteiger partial charge in [0.25, 0.3) is 5.91 Å². The molecular weight excluding hydrogens is 286 g/mol. The summed E-state index contributed by atoms with van der Waals surface area (Å²) in [5.74, 6) is 1.20. The van der Waals surface area contributed by atoms with Crippen molar-refractivity contribution in [3.8, 4) is 0 Å². The molecule has 0 aliphatic carbocycles. The van der Waals surface area contributed by atoms with Crippen molar-refractivity contribution < 1.29 is 4.79 Å². The van der Waals surface area contributed by atoms with Crippen molar-refractivity contribution in [2.45, 2.75) is 12.2 Å². The van der Waals surface area contributed by atoms with Crippen LogP contribution in [0.2, 0.25) is 0 Å². The SMILES string of the molecule is CC1CN(C(=O)c2ccc(Br)cc2)CCS1. The van der Waals surface area contributed by atoms with Gasteiger partial charge in [0.15, 0.2) is 0 Å². The molecule has 1 aromatic rings. The highest BCUT2D eigenvalue weighted by Crippen LogP contribution is 2.20. The number of rotatable bonds is 1. The van der Waals surface area contributed by atoms with Crippen LogP contribution in [0.5, 0.6) is 0 Å². The number of amides is 1. The second-order valence-corrected chi connectivity index (χ2v) is 6.40. The quantitative estimate of drug-likeness (QED) is 0.794. The maximum absolute atomic E-state index is 12.2. The van der Waals surface area contributed by atoms with E-state index in [1.807, 2.05) is 40.9 Å². The van der Waals surface area contributed by atoms with Gasteiger partial charge in [0.05, 0.1) is 0 Å². The first kappa shape index (κ1) is 12.0. The van der Waals surface area contributed by atoms with Crippen LogP contribution >= 0.6 is 27.7 Å².